The molecular weight excluding hydrogens is 342 g/mol. The van der Waals surface area contributed by atoms with Crippen LogP contribution in [0.1, 0.15) is 5.56 Å². The van der Waals surface area contributed by atoms with E-state index >= 15 is 0 Å². The Bertz CT molecular complexity index is 633. The van der Waals surface area contributed by atoms with Gasteiger partial charge in [-0.25, -0.2) is 0 Å². The minimum Gasteiger partial charge on any atom is -0.486 e. The molecule has 0 aliphatic carbocycles. The summed E-state index contributed by atoms with van der Waals surface area (Å²) < 4.78 is 12.2. The first kappa shape index (κ1) is 13.6. The summed E-state index contributed by atoms with van der Waals surface area (Å²) in [5.74, 6) is 1.63. The molecule has 104 valence electrons. The number of hydrogen-bond donors (Lipinski definition) is 1. The molecule has 1 aliphatic rings. The lowest BCUT2D eigenvalue weighted by atomic mass is 10.1. The van der Waals surface area contributed by atoms with Crippen LogP contribution in [0.15, 0.2) is 40.9 Å². The number of anilines is 1. The number of para-hydroxylation sites is 1. The van der Waals surface area contributed by atoms with E-state index in [-0.39, 0.29) is 0 Å². The van der Waals surface area contributed by atoms with Crippen LogP contribution in [0.2, 0.25) is 5.02 Å². The molecule has 3 rings (SSSR count). The number of halogens is 2. The first-order chi connectivity index (χ1) is 9.74. The van der Waals surface area contributed by atoms with Crippen LogP contribution in [0.3, 0.4) is 0 Å². The number of rotatable bonds is 3. The second-order valence-corrected chi connectivity index (χ2v) is 5.71. The van der Waals surface area contributed by atoms with Gasteiger partial charge in [0.2, 0.25) is 0 Å². The maximum atomic E-state index is 6.01. The Morgan fingerprint density at radius 3 is 2.90 bits per heavy atom. The van der Waals surface area contributed by atoms with Crippen molar-refractivity contribution in [3.8, 4) is 11.5 Å². The minimum atomic E-state index is 0.588. The molecule has 0 bridgehead atoms. The second-order valence-electron chi connectivity index (χ2n) is 4.42. The highest BCUT2D eigenvalue weighted by atomic mass is 79.9. The Morgan fingerprint density at radius 2 is 2.00 bits per heavy atom. The molecule has 0 spiro atoms. The normalized spacial score (nSPS) is 13.1. The topological polar surface area (TPSA) is 30.5 Å². The average Bonchev–Trinajstić information content (AvgIpc) is 2.48. The molecule has 2 aromatic carbocycles. The SMILES string of the molecule is Clc1ccc(Br)c(NCc2cccc3c2OCCO3)c1. The minimum absolute atomic E-state index is 0.588. The largest absolute Gasteiger partial charge is 0.486 e. The summed E-state index contributed by atoms with van der Waals surface area (Å²) in [6.07, 6.45) is 0. The monoisotopic (exact) mass is 353 g/mol. The summed E-state index contributed by atoms with van der Waals surface area (Å²) in [6.45, 7) is 1.83. The molecule has 5 heteroatoms. The first-order valence-electron chi connectivity index (χ1n) is 6.30. The third-order valence-electron chi connectivity index (χ3n) is 3.05. The molecule has 1 N–H and O–H groups in total. The highest BCUT2D eigenvalue weighted by Crippen LogP contribution is 2.34. The Hall–Kier alpha value is -1.39. The van der Waals surface area contributed by atoms with Gasteiger partial charge in [0.15, 0.2) is 11.5 Å². The third-order valence-corrected chi connectivity index (χ3v) is 3.97. The molecule has 1 heterocycles. The number of benzene rings is 2. The van der Waals surface area contributed by atoms with Gasteiger partial charge in [-0.1, -0.05) is 23.7 Å². The van der Waals surface area contributed by atoms with Gasteiger partial charge < -0.3 is 14.8 Å². The molecule has 0 unspecified atom stereocenters. The van der Waals surface area contributed by atoms with Gasteiger partial charge in [0.1, 0.15) is 13.2 Å². The highest BCUT2D eigenvalue weighted by molar-refractivity contribution is 9.10. The van der Waals surface area contributed by atoms with Crippen molar-refractivity contribution in [3.05, 3.63) is 51.5 Å². The van der Waals surface area contributed by atoms with E-state index in [1.165, 1.54) is 0 Å². The van der Waals surface area contributed by atoms with Gasteiger partial charge in [0.05, 0.1) is 5.69 Å². The van der Waals surface area contributed by atoms with Gasteiger partial charge in [-0.15, -0.1) is 0 Å². The van der Waals surface area contributed by atoms with Crippen LogP contribution in [0, 0.1) is 0 Å². The van der Waals surface area contributed by atoms with Crippen LogP contribution in [0.4, 0.5) is 5.69 Å². The molecular formula is C15H13BrClNO2. The van der Waals surface area contributed by atoms with Crippen LogP contribution < -0.4 is 14.8 Å². The average molecular weight is 355 g/mol. The molecule has 0 radical (unpaired) electrons. The number of ether oxygens (including phenoxy) is 2. The quantitative estimate of drug-likeness (QED) is 0.881. The molecule has 3 nitrogen and oxygen atoms in total. The molecule has 20 heavy (non-hydrogen) atoms. The van der Waals surface area contributed by atoms with Crippen molar-refractivity contribution in [2.75, 3.05) is 18.5 Å². The van der Waals surface area contributed by atoms with Crippen molar-refractivity contribution < 1.29 is 9.47 Å². The van der Waals surface area contributed by atoms with E-state index < -0.39 is 0 Å². The fourth-order valence-corrected chi connectivity index (χ4v) is 2.66. The fourth-order valence-electron chi connectivity index (χ4n) is 2.10. The predicted octanol–water partition coefficient (Wildman–Crippen LogP) is 4.49. The van der Waals surface area contributed by atoms with E-state index in [4.69, 9.17) is 21.1 Å². The summed E-state index contributed by atoms with van der Waals surface area (Å²) >= 11 is 9.51. The van der Waals surface area contributed by atoms with Crippen LogP contribution >= 0.6 is 27.5 Å². The molecule has 0 saturated heterocycles. The Balaban J connectivity index is 1.80. The standard InChI is InChI=1S/C15H13BrClNO2/c16-12-5-4-11(17)8-13(12)18-9-10-2-1-3-14-15(10)20-7-6-19-14/h1-5,8,18H,6-7,9H2. The van der Waals surface area contributed by atoms with Crippen LogP contribution in [0.5, 0.6) is 11.5 Å². The summed E-state index contributed by atoms with van der Waals surface area (Å²) in [7, 11) is 0. The number of nitrogens with one attached hydrogen (secondary N) is 1. The lowest BCUT2D eigenvalue weighted by Gasteiger charge is -2.21. The fraction of sp³-hybridized carbons (Fsp3) is 0.200. The summed E-state index contributed by atoms with van der Waals surface area (Å²) in [5.41, 5.74) is 2.01. The van der Waals surface area contributed by atoms with E-state index in [1.807, 2.05) is 36.4 Å². The van der Waals surface area contributed by atoms with E-state index in [0.29, 0.717) is 24.8 Å². The number of hydrogen-bond acceptors (Lipinski definition) is 3. The molecule has 0 aromatic heterocycles. The van der Waals surface area contributed by atoms with Crippen molar-refractivity contribution in [3.63, 3.8) is 0 Å². The van der Waals surface area contributed by atoms with Gasteiger partial charge in [0, 0.05) is 21.6 Å². The van der Waals surface area contributed by atoms with Crippen LogP contribution in [-0.4, -0.2) is 13.2 Å². The van der Waals surface area contributed by atoms with Crippen molar-refractivity contribution in [1.82, 2.24) is 0 Å². The second kappa shape index (κ2) is 5.94. The molecule has 0 amide bonds. The van der Waals surface area contributed by atoms with Crippen molar-refractivity contribution >= 4 is 33.2 Å². The van der Waals surface area contributed by atoms with E-state index in [2.05, 4.69) is 21.2 Å². The molecule has 0 fully saturated rings. The Morgan fingerprint density at radius 1 is 1.15 bits per heavy atom. The lowest BCUT2D eigenvalue weighted by Crippen LogP contribution is -2.17. The lowest BCUT2D eigenvalue weighted by molar-refractivity contribution is 0.170. The predicted molar refractivity (Wildman–Crippen MR) is 83.9 cm³/mol. The van der Waals surface area contributed by atoms with E-state index in [1.54, 1.807) is 0 Å². The molecule has 2 aromatic rings. The molecule has 0 saturated carbocycles. The third kappa shape index (κ3) is 2.86. The highest BCUT2D eigenvalue weighted by Gasteiger charge is 2.15. The maximum Gasteiger partial charge on any atom is 0.166 e. The van der Waals surface area contributed by atoms with Crippen molar-refractivity contribution in [2.45, 2.75) is 6.54 Å². The Kier molecular flexibility index (Phi) is 4.03. The van der Waals surface area contributed by atoms with Crippen LogP contribution in [0.25, 0.3) is 0 Å². The zero-order valence-electron chi connectivity index (χ0n) is 10.7. The smallest absolute Gasteiger partial charge is 0.166 e. The number of fused-ring (bicyclic) bond motifs is 1. The zero-order valence-corrected chi connectivity index (χ0v) is 13.0. The van der Waals surface area contributed by atoms with Gasteiger partial charge in [0.25, 0.3) is 0 Å². The van der Waals surface area contributed by atoms with Crippen LogP contribution in [-0.2, 0) is 6.54 Å². The molecule has 0 atom stereocenters. The zero-order chi connectivity index (χ0) is 13.9. The van der Waals surface area contributed by atoms with Gasteiger partial charge >= 0.3 is 0 Å². The summed E-state index contributed by atoms with van der Waals surface area (Å²) in [5, 5.41) is 4.05. The van der Waals surface area contributed by atoms with Crippen molar-refractivity contribution in [2.24, 2.45) is 0 Å². The van der Waals surface area contributed by atoms with Gasteiger partial charge in [-0.05, 0) is 40.2 Å². The van der Waals surface area contributed by atoms with Gasteiger partial charge in [-0.3, -0.25) is 0 Å². The molecule has 1 aliphatic heterocycles. The summed E-state index contributed by atoms with van der Waals surface area (Å²) in [6, 6.07) is 11.6. The first-order valence-corrected chi connectivity index (χ1v) is 7.47. The van der Waals surface area contributed by atoms with E-state index in [9.17, 15) is 0 Å². The Labute approximate surface area is 131 Å². The van der Waals surface area contributed by atoms with Gasteiger partial charge in [-0.2, -0.15) is 0 Å². The summed E-state index contributed by atoms with van der Waals surface area (Å²) in [4.78, 5) is 0. The maximum absolute atomic E-state index is 6.01. The van der Waals surface area contributed by atoms with E-state index in [0.717, 1.165) is 27.2 Å². The van der Waals surface area contributed by atoms with Crippen molar-refractivity contribution in [1.29, 1.82) is 0 Å².